The van der Waals surface area contributed by atoms with Crippen molar-refractivity contribution in [1.82, 2.24) is 19.7 Å². The Hall–Kier alpha value is -2.11. The molecule has 0 fully saturated rings. The minimum absolute atomic E-state index is 0.621. The standard InChI is InChI=1S/C12H17N5O/c1-5-13-9-6-7-14-11(15-9)10-8(2)16-17(3)12(10)18-4/h6-7H,5H2,1-4H3,(H,13,14,15). The number of anilines is 1. The van der Waals surface area contributed by atoms with E-state index in [4.69, 9.17) is 4.74 Å². The van der Waals surface area contributed by atoms with Crippen molar-refractivity contribution in [3.8, 4) is 17.3 Å². The van der Waals surface area contributed by atoms with Crippen molar-refractivity contribution in [3.05, 3.63) is 18.0 Å². The molecule has 0 aliphatic rings. The number of aryl methyl sites for hydroxylation is 2. The minimum atomic E-state index is 0.621. The molecule has 0 atom stereocenters. The van der Waals surface area contributed by atoms with Crippen molar-refractivity contribution < 1.29 is 4.74 Å². The van der Waals surface area contributed by atoms with Gasteiger partial charge >= 0.3 is 0 Å². The Bertz CT molecular complexity index is 549. The lowest BCUT2D eigenvalue weighted by molar-refractivity contribution is 0.374. The highest BCUT2D eigenvalue weighted by molar-refractivity contribution is 5.66. The molecule has 2 aromatic heterocycles. The molecule has 96 valence electrons. The largest absolute Gasteiger partial charge is 0.481 e. The lowest BCUT2D eigenvalue weighted by atomic mass is 10.2. The third kappa shape index (κ3) is 2.13. The molecule has 2 rings (SSSR count). The molecule has 0 saturated heterocycles. The first-order valence-corrected chi connectivity index (χ1v) is 5.82. The number of nitrogens with zero attached hydrogens (tertiary/aromatic N) is 4. The Labute approximate surface area is 106 Å². The van der Waals surface area contributed by atoms with E-state index in [9.17, 15) is 0 Å². The van der Waals surface area contributed by atoms with Gasteiger partial charge in [-0.3, -0.25) is 0 Å². The zero-order chi connectivity index (χ0) is 13.1. The van der Waals surface area contributed by atoms with Crippen LogP contribution in [0.4, 0.5) is 5.82 Å². The number of hydrogen-bond acceptors (Lipinski definition) is 5. The van der Waals surface area contributed by atoms with E-state index in [-0.39, 0.29) is 0 Å². The van der Waals surface area contributed by atoms with Crippen LogP contribution in [-0.2, 0) is 7.05 Å². The Morgan fingerprint density at radius 1 is 1.44 bits per heavy atom. The summed E-state index contributed by atoms with van der Waals surface area (Å²) in [6.07, 6.45) is 1.73. The average molecular weight is 247 g/mol. The summed E-state index contributed by atoms with van der Waals surface area (Å²) in [5.41, 5.74) is 1.68. The first-order chi connectivity index (χ1) is 8.67. The smallest absolute Gasteiger partial charge is 0.222 e. The van der Waals surface area contributed by atoms with Gasteiger partial charge < -0.3 is 10.1 Å². The minimum Gasteiger partial charge on any atom is -0.481 e. The van der Waals surface area contributed by atoms with Crippen LogP contribution < -0.4 is 10.1 Å². The summed E-state index contributed by atoms with van der Waals surface area (Å²) in [7, 11) is 3.46. The van der Waals surface area contributed by atoms with Crippen LogP contribution in [-0.4, -0.2) is 33.4 Å². The lowest BCUT2D eigenvalue weighted by Gasteiger charge is -2.06. The van der Waals surface area contributed by atoms with Crippen molar-refractivity contribution in [2.45, 2.75) is 13.8 Å². The van der Waals surface area contributed by atoms with Crippen LogP contribution in [0, 0.1) is 6.92 Å². The number of ether oxygens (including phenoxy) is 1. The van der Waals surface area contributed by atoms with Gasteiger partial charge in [0.05, 0.1) is 12.8 Å². The quantitative estimate of drug-likeness (QED) is 0.889. The summed E-state index contributed by atoms with van der Waals surface area (Å²) in [6, 6.07) is 1.84. The van der Waals surface area contributed by atoms with E-state index in [1.807, 2.05) is 27.0 Å². The number of methoxy groups -OCH3 is 1. The predicted octanol–water partition coefficient (Wildman–Crippen LogP) is 1.63. The van der Waals surface area contributed by atoms with E-state index < -0.39 is 0 Å². The molecule has 18 heavy (non-hydrogen) atoms. The van der Waals surface area contributed by atoms with E-state index in [2.05, 4.69) is 20.4 Å². The Balaban J connectivity index is 2.51. The highest BCUT2D eigenvalue weighted by Crippen LogP contribution is 2.30. The molecule has 0 amide bonds. The summed E-state index contributed by atoms with van der Waals surface area (Å²) in [6.45, 7) is 4.76. The summed E-state index contributed by atoms with van der Waals surface area (Å²) in [4.78, 5) is 8.75. The molecule has 2 heterocycles. The molecular weight excluding hydrogens is 230 g/mol. The highest BCUT2D eigenvalue weighted by atomic mass is 16.5. The molecule has 0 aliphatic carbocycles. The zero-order valence-electron chi connectivity index (χ0n) is 11.1. The topological polar surface area (TPSA) is 64.9 Å². The molecule has 1 N–H and O–H groups in total. The Morgan fingerprint density at radius 3 is 2.89 bits per heavy atom. The van der Waals surface area contributed by atoms with Crippen LogP contribution in [0.15, 0.2) is 12.3 Å². The third-order valence-corrected chi connectivity index (χ3v) is 2.60. The number of hydrogen-bond donors (Lipinski definition) is 1. The first-order valence-electron chi connectivity index (χ1n) is 5.82. The molecule has 0 unspecified atom stereocenters. The SMILES string of the molecule is CCNc1ccnc(-c2c(C)nn(C)c2OC)n1. The number of aromatic nitrogens is 4. The van der Waals surface area contributed by atoms with Gasteiger partial charge in [0.15, 0.2) is 5.82 Å². The molecule has 0 spiro atoms. The summed E-state index contributed by atoms with van der Waals surface area (Å²) in [5, 5.41) is 7.49. The fourth-order valence-corrected chi connectivity index (χ4v) is 1.89. The molecule has 0 aromatic carbocycles. The second kappa shape index (κ2) is 5.03. The van der Waals surface area contributed by atoms with E-state index in [0.717, 1.165) is 23.6 Å². The molecule has 0 radical (unpaired) electrons. The van der Waals surface area contributed by atoms with Crippen LogP contribution in [0.5, 0.6) is 5.88 Å². The van der Waals surface area contributed by atoms with Crippen LogP contribution in [0.25, 0.3) is 11.4 Å². The summed E-state index contributed by atoms with van der Waals surface area (Å²) >= 11 is 0. The Kier molecular flexibility index (Phi) is 3.45. The second-order valence-corrected chi connectivity index (χ2v) is 3.89. The van der Waals surface area contributed by atoms with Gasteiger partial charge in [0.2, 0.25) is 5.88 Å². The molecule has 2 aromatic rings. The van der Waals surface area contributed by atoms with Crippen LogP contribution in [0.3, 0.4) is 0 Å². The molecule has 0 bridgehead atoms. The molecule has 6 nitrogen and oxygen atoms in total. The van der Waals surface area contributed by atoms with E-state index in [1.165, 1.54) is 0 Å². The van der Waals surface area contributed by atoms with Crippen molar-refractivity contribution in [2.24, 2.45) is 7.05 Å². The maximum absolute atomic E-state index is 5.35. The van der Waals surface area contributed by atoms with Gasteiger partial charge in [-0.2, -0.15) is 5.10 Å². The van der Waals surface area contributed by atoms with Crippen LogP contribution >= 0.6 is 0 Å². The fourth-order valence-electron chi connectivity index (χ4n) is 1.89. The van der Waals surface area contributed by atoms with Gasteiger partial charge in [0.25, 0.3) is 0 Å². The third-order valence-electron chi connectivity index (χ3n) is 2.60. The first kappa shape index (κ1) is 12.3. The van der Waals surface area contributed by atoms with Crippen molar-refractivity contribution in [3.63, 3.8) is 0 Å². The summed E-state index contributed by atoms with van der Waals surface area (Å²) in [5.74, 6) is 2.09. The number of rotatable bonds is 4. The van der Waals surface area contributed by atoms with E-state index in [1.54, 1.807) is 18.0 Å². The predicted molar refractivity (Wildman–Crippen MR) is 69.7 cm³/mol. The van der Waals surface area contributed by atoms with Gasteiger partial charge in [0, 0.05) is 19.8 Å². The fraction of sp³-hybridized carbons (Fsp3) is 0.417. The van der Waals surface area contributed by atoms with Crippen molar-refractivity contribution in [2.75, 3.05) is 19.0 Å². The molecule has 6 heteroatoms. The number of nitrogens with one attached hydrogen (secondary N) is 1. The van der Waals surface area contributed by atoms with Gasteiger partial charge in [-0.25, -0.2) is 14.6 Å². The van der Waals surface area contributed by atoms with Crippen LogP contribution in [0.2, 0.25) is 0 Å². The lowest BCUT2D eigenvalue weighted by Crippen LogP contribution is -2.01. The molecular formula is C12H17N5O. The van der Waals surface area contributed by atoms with E-state index >= 15 is 0 Å². The van der Waals surface area contributed by atoms with Crippen molar-refractivity contribution in [1.29, 1.82) is 0 Å². The van der Waals surface area contributed by atoms with Gasteiger partial charge in [0.1, 0.15) is 11.4 Å². The molecule has 0 saturated carbocycles. The highest BCUT2D eigenvalue weighted by Gasteiger charge is 2.18. The maximum Gasteiger partial charge on any atom is 0.222 e. The monoisotopic (exact) mass is 247 g/mol. The normalized spacial score (nSPS) is 10.4. The van der Waals surface area contributed by atoms with Crippen LogP contribution in [0.1, 0.15) is 12.6 Å². The van der Waals surface area contributed by atoms with E-state index in [0.29, 0.717) is 11.7 Å². The van der Waals surface area contributed by atoms with Gasteiger partial charge in [-0.1, -0.05) is 0 Å². The van der Waals surface area contributed by atoms with Crippen molar-refractivity contribution >= 4 is 5.82 Å². The van der Waals surface area contributed by atoms with Gasteiger partial charge in [-0.05, 0) is 19.9 Å². The summed E-state index contributed by atoms with van der Waals surface area (Å²) < 4.78 is 7.04. The zero-order valence-corrected chi connectivity index (χ0v) is 11.1. The van der Waals surface area contributed by atoms with Gasteiger partial charge in [-0.15, -0.1) is 0 Å². The second-order valence-electron chi connectivity index (χ2n) is 3.89. The Morgan fingerprint density at radius 2 is 2.22 bits per heavy atom. The molecule has 0 aliphatic heterocycles. The average Bonchev–Trinajstić information content (AvgIpc) is 2.64. The maximum atomic E-state index is 5.35.